The Kier molecular flexibility index (Phi) is 0.884. The third kappa shape index (κ3) is 0.455. The molecule has 0 spiro atoms. The fourth-order valence-corrected chi connectivity index (χ4v) is 2.04. The molecule has 0 radical (unpaired) electrons. The normalized spacial score (nSPS) is 46.1. The number of fused-ring (bicyclic) bond motifs is 2. The molecule has 3 aliphatic rings. The van der Waals surface area contributed by atoms with E-state index >= 15 is 0 Å². The maximum absolute atomic E-state index is 2.53. The molecule has 2 bridgehead atoms. The van der Waals surface area contributed by atoms with Crippen LogP contribution in [0.1, 0.15) is 25.7 Å². The highest BCUT2D eigenvalue weighted by atomic mass is 15.2. The van der Waals surface area contributed by atoms with Gasteiger partial charge in [0.1, 0.15) is 0 Å². The zero-order valence-electron chi connectivity index (χ0n) is 5.43. The predicted octanol–water partition coefficient (Wildman–Crippen LogP) is 1.24. The zero-order valence-corrected chi connectivity index (χ0v) is 5.43. The topological polar surface area (TPSA) is 3.24 Å². The summed E-state index contributed by atoms with van der Waals surface area (Å²) in [5.74, 6) is 0. The maximum Gasteiger partial charge on any atom is 0.0110 e. The summed E-state index contributed by atoms with van der Waals surface area (Å²) >= 11 is 0. The maximum atomic E-state index is 2.53. The van der Waals surface area contributed by atoms with Gasteiger partial charge in [0.2, 0.25) is 0 Å². The van der Waals surface area contributed by atoms with E-state index in [2.05, 4.69) is 11.9 Å². The Hall–Kier alpha value is -0.0400. The first-order valence-corrected chi connectivity index (χ1v) is 3.60. The summed E-state index contributed by atoms with van der Waals surface area (Å²) in [7, 11) is 2.26. The molecule has 2 atom stereocenters. The second-order valence-electron chi connectivity index (χ2n) is 3.14. The Balaban J connectivity index is 2.03. The highest BCUT2D eigenvalue weighted by Crippen LogP contribution is 2.35. The lowest BCUT2D eigenvalue weighted by atomic mass is 9.80. The molecule has 1 nitrogen and oxygen atoms in total. The van der Waals surface area contributed by atoms with Crippen LogP contribution in [0, 0.1) is 0 Å². The molecule has 0 unspecified atom stereocenters. The first-order valence-electron chi connectivity index (χ1n) is 3.60. The summed E-state index contributed by atoms with van der Waals surface area (Å²) in [4.78, 5) is 2.53. The second kappa shape index (κ2) is 1.47. The molecule has 1 heteroatoms. The van der Waals surface area contributed by atoms with E-state index in [1.807, 2.05) is 0 Å². The fourth-order valence-electron chi connectivity index (χ4n) is 2.04. The van der Waals surface area contributed by atoms with E-state index < -0.39 is 0 Å². The van der Waals surface area contributed by atoms with Crippen LogP contribution in [0.25, 0.3) is 0 Å². The van der Waals surface area contributed by atoms with Crippen molar-refractivity contribution in [3.8, 4) is 0 Å². The van der Waals surface area contributed by atoms with E-state index in [4.69, 9.17) is 0 Å². The Labute approximate surface area is 50.7 Å². The number of nitrogens with zero attached hydrogens (tertiary/aromatic N) is 1. The molecule has 8 heavy (non-hydrogen) atoms. The fraction of sp³-hybridized carbons (Fsp3) is 1.00. The monoisotopic (exact) mass is 111 g/mol. The van der Waals surface area contributed by atoms with E-state index in [9.17, 15) is 0 Å². The molecule has 3 fully saturated rings. The minimum Gasteiger partial charge on any atom is -0.300 e. The van der Waals surface area contributed by atoms with Crippen LogP contribution in [-0.4, -0.2) is 24.0 Å². The van der Waals surface area contributed by atoms with E-state index in [1.54, 1.807) is 0 Å². The Morgan fingerprint density at radius 3 is 2.12 bits per heavy atom. The highest BCUT2D eigenvalue weighted by molar-refractivity contribution is 4.94. The minimum atomic E-state index is 0.980. The van der Waals surface area contributed by atoms with Crippen molar-refractivity contribution in [1.82, 2.24) is 4.90 Å². The first kappa shape index (κ1) is 4.80. The van der Waals surface area contributed by atoms with Gasteiger partial charge >= 0.3 is 0 Å². The summed E-state index contributed by atoms with van der Waals surface area (Å²) in [5, 5.41) is 0. The van der Waals surface area contributed by atoms with Crippen LogP contribution in [0.5, 0.6) is 0 Å². The van der Waals surface area contributed by atoms with Crippen LogP contribution >= 0.6 is 0 Å². The van der Waals surface area contributed by atoms with Crippen LogP contribution in [0.15, 0.2) is 0 Å². The SMILES string of the molecule is CN1[C@@H]2CCC[C@@H]1C2. The molecule has 46 valence electrons. The molecule has 0 aromatic heterocycles. The first-order chi connectivity index (χ1) is 3.88. The van der Waals surface area contributed by atoms with Gasteiger partial charge in [0.25, 0.3) is 0 Å². The van der Waals surface area contributed by atoms with Gasteiger partial charge in [-0.1, -0.05) is 6.42 Å². The van der Waals surface area contributed by atoms with Crippen molar-refractivity contribution >= 4 is 0 Å². The van der Waals surface area contributed by atoms with Gasteiger partial charge in [-0.2, -0.15) is 0 Å². The Morgan fingerprint density at radius 2 is 1.88 bits per heavy atom. The average molecular weight is 111 g/mol. The van der Waals surface area contributed by atoms with Crippen molar-refractivity contribution in [3.63, 3.8) is 0 Å². The molecule has 0 N–H and O–H groups in total. The van der Waals surface area contributed by atoms with Gasteiger partial charge in [0.05, 0.1) is 0 Å². The van der Waals surface area contributed by atoms with Gasteiger partial charge < -0.3 is 4.90 Å². The van der Waals surface area contributed by atoms with Gasteiger partial charge in [-0.15, -0.1) is 0 Å². The van der Waals surface area contributed by atoms with Crippen LogP contribution < -0.4 is 0 Å². The lowest BCUT2D eigenvalue weighted by molar-refractivity contribution is -0.00221. The summed E-state index contributed by atoms with van der Waals surface area (Å²) in [6, 6.07) is 1.96. The summed E-state index contributed by atoms with van der Waals surface area (Å²) in [6.07, 6.45) is 5.91. The van der Waals surface area contributed by atoms with Crippen molar-refractivity contribution < 1.29 is 0 Å². The van der Waals surface area contributed by atoms with Crippen LogP contribution in [0.2, 0.25) is 0 Å². The zero-order chi connectivity index (χ0) is 5.56. The van der Waals surface area contributed by atoms with Crippen molar-refractivity contribution in [1.29, 1.82) is 0 Å². The molecule has 2 saturated heterocycles. The van der Waals surface area contributed by atoms with Gasteiger partial charge in [0.15, 0.2) is 0 Å². The number of rotatable bonds is 0. The molecule has 0 aromatic rings. The molecular formula is C7H13N. The third-order valence-corrected chi connectivity index (χ3v) is 2.77. The molecule has 1 saturated carbocycles. The molecule has 1 aliphatic carbocycles. The molecule has 0 aromatic carbocycles. The average Bonchev–Trinajstić information content (AvgIpc) is 1.89. The molecule has 3 rings (SSSR count). The number of hydrogen-bond acceptors (Lipinski definition) is 1. The smallest absolute Gasteiger partial charge is 0.0110 e. The minimum absolute atomic E-state index is 0.980. The molecule has 2 aliphatic heterocycles. The highest BCUT2D eigenvalue weighted by Gasteiger charge is 2.37. The number of hydrogen-bond donors (Lipinski definition) is 0. The van der Waals surface area contributed by atoms with E-state index in [-0.39, 0.29) is 0 Å². The van der Waals surface area contributed by atoms with Gasteiger partial charge in [-0.25, -0.2) is 0 Å². The largest absolute Gasteiger partial charge is 0.300 e. The summed E-state index contributed by atoms with van der Waals surface area (Å²) in [5.41, 5.74) is 0. The van der Waals surface area contributed by atoms with Crippen molar-refractivity contribution in [2.75, 3.05) is 7.05 Å². The lowest BCUT2D eigenvalue weighted by Crippen LogP contribution is -2.56. The van der Waals surface area contributed by atoms with Crippen LogP contribution in [-0.2, 0) is 0 Å². The van der Waals surface area contributed by atoms with Gasteiger partial charge in [0, 0.05) is 12.1 Å². The molecule has 0 amide bonds. The molecule has 2 heterocycles. The van der Waals surface area contributed by atoms with Crippen molar-refractivity contribution in [2.45, 2.75) is 37.8 Å². The van der Waals surface area contributed by atoms with Crippen LogP contribution in [0.4, 0.5) is 0 Å². The van der Waals surface area contributed by atoms with Crippen LogP contribution in [0.3, 0.4) is 0 Å². The summed E-state index contributed by atoms with van der Waals surface area (Å²) in [6.45, 7) is 0. The summed E-state index contributed by atoms with van der Waals surface area (Å²) < 4.78 is 0. The second-order valence-corrected chi connectivity index (χ2v) is 3.14. The Morgan fingerprint density at radius 1 is 1.25 bits per heavy atom. The van der Waals surface area contributed by atoms with Gasteiger partial charge in [-0.3, -0.25) is 0 Å². The number of piperidine rings is 1. The van der Waals surface area contributed by atoms with E-state index in [0.29, 0.717) is 0 Å². The van der Waals surface area contributed by atoms with E-state index in [1.165, 1.54) is 25.7 Å². The van der Waals surface area contributed by atoms with Crippen molar-refractivity contribution in [3.05, 3.63) is 0 Å². The quantitative estimate of drug-likeness (QED) is 0.454. The standard InChI is InChI=1S/C7H13N/c1-8-6-3-2-4-7(8)5-6/h6-7H,2-5H2,1H3/t6-,7-/m1/s1. The van der Waals surface area contributed by atoms with Crippen molar-refractivity contribution in [2.24, 2.45) is 0 Å². The third-order valence-electron chi connectivity index (χ3n) is 2.77. The lowest BCUT2D eigenvalue weighted by Gasteiger charge is -2.50. The molecular weight excluding hydrogens is 98.1 g/mol. The van der Waals surface area contributed by atoms with Gasteiger partial charge in [-0.05, 0) is 26.3 Å². The Bertz CT molecular complexity index is 86.6. The predicted molar refractivity (Wildman–Crippen MR) is 33.8 cm³/mol. The van der Waals surface area contributed by atoms with E-state index in [0.717, 1.165) is 12.1 Å².